The molecular formula is C27H19FN6O3S. The molecule has 1 amide bonds. The van der Waals surface area contributed by atoms with Gasteiger partial charge in [-0.3, -0.25) is 14.9 Å². The lowest BCUT2D eigenvalue weighted by atomic mass is 9.96. The molecule has 1 unspecified atom stereocenters. The molecule has 2 aliphatic heterocycles. The number of rotatable bonds is 5. The largest absolute Gasteiger partial charge is 0.272 e. The van der Waals surface area contributed by atoms with Gasteiger partial charge < -0.3 is 0 Å². The number of hydrogen-bond donors (Lipinski definition) is 0. The lowest BCUT2D eigenvalue weighted by molar-refractivity contribution is -0.384. The van der Waals surface area contributed by atoms with E-state index in [9.17, 15) is 19.3 Å². The molecule has 0 radical (unpaired) electrons. The summed E-state index contributed by atoms with van der Waals surface area (Å²) in [5.74, 6) is -0.387. The van der Waals surface area contributed by atoms with Crippen molar-refractivity contribution in [3.8, 4) is 16.9 Å². The highest BCUT2D eigenvalue weighted by Crippen LogP contribution is 2.40. The first-order valence-electron chi connectivity index (χ1n) is 11.7. The Morgan fingerprint density at radius 1 is 1.00 bits per heavy atom. The highest BCUT2D eigenvalue weighted by molar-refractivity contribution is 8.14. The number of halogens is 1. The molecule has 9 nitrogen and oxygen atoms in total. The third-order valence-electron chi connectivity index (χ3n) is 6.28. The summed E-state index contributed by atoms with van der Waals surface area (Å²) < 4.78 is 15.5. The van der Waals surface area contributed by atoms with Crippen molar-refractivity contribution >= 4 is 34.2 Å². The normalized spacial score (nSPS) is 17.0. The van der Waals surface area contributed by atoms with Crippen LogP contribution in [0.1, 0.15) is 23.6 Å². The summed E-state index contributed by atoms with van der Waals surface area (Å²) in [5.41, 5.74) is 4.19. The zero-order valence-corrected chi connectivity index (χ0v) is 20.6. The number of carbonyl (C=O) groups excluding carboxylic acids is 1. The number of hydrogen-bond acceptors (Lipinski definition) is 7. The number of amidine groups is 1. The summed E-state index contributed by atoms with van der Waals surface area (Å²) in [5, 5.41) is 23.2. The molecule has 4 aromatic rings. The van der Waals surface area contributed by atoms with Crippen LogP contribution in [0.2, 0.25) is 0 Å². The molecule has 0 aliphatic carbocycles. The van der Waals surface area contributed by atoms with Gasteiger partial charge in [-0.25, -0.2) is 14.1 Å². The molecule has 188 valence electrons. The number of carbonyl (C=O) groups is 1. The van der Waals surface area contributed by atoms with Crippen molar-refractivity contribution in [3.63, 3.8) is 0 Å². The summed E-state index contributed by atoms with van der Waals surface area (Å²) in [7, 11) is 0. The Labute approximate surface area is 220 Å². The van der Waals surface area contributed by atoms with E-state index in [0.29, 0.717) is 28.6 Å². The van der Waals surface area contributed by atoms with Gasteiger partial charge in [0.25, 0.3) is 11.6 Å². The van der Waals surface area contributed by atoms with Gasteiger partial charge in [-0.2, -0.15) is 15.2 Å². The Balaban J connectivity index is 1.48. The van der Waals surface area contributed by atoms with Crippen LogP contribution in [0.25, 0.3) is 16.9 Å². The van der Waals surface area contributed by atoms with E-state index in [0.717, 1.165) is 16.8 Å². The van der Waals surface area contributed by atoms with E-state index in [1.807, 2.05) is 36.5 Å². The zero-order valence-electron chi connectivity index (χ0n) is 19.8. The van der Waals surface area contributed by atoms with Crippen molar-refractivity contribution in [2.45, 2.75) is 12.5 Å². The van der Waals surface area contributed by atoms with Crippen LogP contribution in [-0.2, 0) is 4.79 Å². The van der Waals surface area contributed by atoms with Gasteiger partial charge in [0.2, 0.25) is 0 Å². The fourth-order valence-electron chi connectivity index (χ4n) is 4.49. The van der Waals surface area contributed by atoms with Gasteiger partial charge in [0.05, 0.1) is 33.8 Å². The number of thioether (sulfide) groups is 1. The van der Waals surface area contributed by atoms with Gasteiger partial charge in [0.1, 0.15) is 5.82 Å². The zero-order chi connectivity index (χ0) is 26.2. The molecule has 6 rings (SSSR count). The summed E-state index contributed by atoms with van der Waals surface area (Å²) in [4.78, 5) is 27.1. The Bertz CT molecular complexity index is 1620. The van der Waals surface area contributed by atoms with Gasteiger partial charge in [-0.05, 0) is 36.4 Å². The number of benzene rings is 3. The molecule has 0 N–H and O–H groups in total. The summed E-state index contributed by atoms with van der Waals surface area (Å²) >= 11 is 1.29. The first kappa shape index (κ1) is 23.7. The molecular weight excluding hydrogens is 507 g/mol. The van der Waals surface area contributed by atoms with Crippen LogP contribution >= 0.6 is 11.8 Å². The fourth-order valence-corrected chi connectivity index (χ4v) is 5.28. The van der Waals surface area contributed by atoms with Crippen molar-refractivity contribution in [1.82, 2.24) is 14.8 Å². The second-order valence-corrected chi connectivity index (χ2v) is 9.66. The molecule has 0 fully saturated rings. The highest BCUT2D eigenvalue weighted by atomic mass is 32.2. The minimum absolute atomic E-state index is 0.0353. The van der Waals surface area contributed by atoms with Crippen molar-refractivity contribution in [2.24, 2.45) is 10.1 Å². The summed E-state index contributed by atoms with van der Waals surface area (Å²) in [6.45, 7) is 0. The fraction of sp³-hybridized carbons (Fsp3) is 0.111. The predicted molar refractivity (Wildman–Crippen MR) is 143 cm³/mol. The molecule has 0 bridgehead atoms. The Kier molecular flexibility index (Phi) is 6.04. The number of nitrogens with zero attached hydrogens (tertiary/aromatic N) is 6. The standard InChI is InChI=1S/C27H19FN6O3S/c28-19-11-9-17(10-12-19)26-22(15-32(31-26)20-6-2-1-3-7-20)24-14-23(18-5-4-8-21(13-18)34(36)37)30-33(24)27-29-25(35)16-38-27/h1-13,15,24H,14,16H2. The number of hydrazone groups is 1. The number of amides is 1. The molecule has 0 spiro atoms. The van der Waals surface area contributed by atoms with Crippen molar-refractivity contribution in [3.05, 3.63) is 112 Å². The Morgan fingerprint density at radius 3 is 2.50 bits per heavy atom. The van der Waals surface area contributed by atoms with Crippen LogP contribution in [-0.4, -0.2) is 42.3 Å². The van der Waals surface area contributed by atoms with Gasteiger partial charge in [-0.15, -0.1) is 0 Å². The van der Waals surface area contributed by atoms with Crippen molar-refractivity contribution in [2.75, 3.05) is 5.75 Å². The topological polar surface area (TPSA) is 106 Å². The van der Waals surface area contributed by atoms with E-state index >= 15 is 0 Å². The SMILES string of the molecule is O=C1CSC(N2N=C(c3cccc([N+](=O)[O-])c3)CC2c2cn(-c3ccccc3)nc2-c2ccc(F)cc2)=N1. The van der Waals surface area contributed by atoms with Crippen LogP contribution in [0.3, 0.4) is 0 Å². The monoisotopic (exact) mass is 526 g/mol. The van der Waals surface area contributed by atoms with Gasteiger partial charge in [0.15, 0.2) is 5.17 Å². The molecule has 0 saturated heterocycles. The molecule has 1 aromatic heterocycles. The minimum atomic E-state index is -0.444. The van der Waals surface area contributed by atoms with E-state index in [1.54, 1.807) is 34.0 Å². The van der Waals surface area contributed by atoms with E-state index < -0.39 is 11.0 Å². The lowest BCUT2D eigenvalue weighted by Gasteiger charge is -2.22. The van der Waals surface area contributed by atoms with Crippen LogP contribution in [0.15, 0.2) is 95.2 Å². The van der Waals surface area contributed by atoms with E-state index in [1.165, 1.54) is 36.0 Å². The van der Waals surface area contributed by atoms with Crippen molar-refractivity contribution in [1.29, 1.82) is 0 Å². The van der Waals surface area contributed by atoms with E-state index in [2.05, 4.69) is 4.99 Å². The van der Waals surface area contributed by atoms with Gasteiger partial charge in [0, 0.05) is 41.4 Å². The third-order valence-corrected chi connectivity index (χ3v) is 7.21. The molecule has 38 heavy (non-hydrogen) atoms. The molecule has 11 heteroatoms. The van der Waals surface area contributed by atoms with E-state index in [-0.39, 0.29) is 23.2 Å². The third kappa shape index (κ3) is 4.48. The predicted octanol–water partition coefficient (Wildman–Crippen LogP) is 5.37. The van der Waals surface area contributed by atoms with Gasteiger partial charge >= 0.3 is 0 Å². The van der Waals surface area contributed by atoms with Crippen molar-refractivity contribution < 1.29 is 14.1 Å². The molecule has 1 atom stereocenters. The van der Waals surface area contributed by atoms with Crippen LogP contribution in [0.5, 0.6) is 0 Å². The summed E-state index contributed by atoms with van der Waals surface area (Å²) in [6, 6.07) is 21.6. The van der Waals surface area contributed by atoms with E-state index in [4.69, 9.17) is 10.2 Å². The number of aromatic nitrogens is 2. The Morgan fingerprint density at radius 2 is 1.79 bits per heavy atom. The molecule has 3 aromatic carbocycles. The lowest BCUT2D eigenvalue weighted by Crippen LogP contribution is -2.24. The second kappa shape index (κ2) is 9.67. The maximum atomic E-state index is 13.8. The highest BCUT2D eigenvalue weighted by Gasteiger charge is 2.37. The number of nitro groups is 1. The first-order valence-corrected chi connectivity index (χ1v) is 12.7. The van der Waals surface area contributed by atoms with Crippen LogP contribution in [0, 0.1) is 15.9 Å². The first-order chi connectivity index (χ1) is 18.5. The minimum Gasteiger partial charge on any atom is -0.272 e. The van der Waals surface area contributed by atoms with Gasteiger partial charge in [-0.1, -0.05) is 42.1 Å². The van der Waals surface area contributed by atoms with Crippen LogP contribution in [0.4, 0.5) is 10.1 Å². The number of aliphatic imine (C=N–C) groups is 1. The maximum absolute atomic E-state index is 13.8. The molecule has 2 aliphatic rings. The summed E-state index contributed by atoms with van der Waals surface area (Å²) in [6.07, 6.45) is 2.29. The molecule has 0 saturated carbocycles. The number of nitro benzene ring substituents is 1. The second-order valence-electron chi connectivity index (χ2n) is 8.72. The number of non-ortho nitro benzene ring substituents is 1. The van der Waals surface area contributed by atoms with Crippen LogP contribution < -0.4 is 0 Å². The maximum Gasteiger partial charge on any atom is 0.270 e. The number of para-hydroxylation sites is 1. The average molecular weight is 527 g/mol. The molecule has 3 heterocycles. The smallest absolute Gasteiger partial charge is 0.270 e. The average Bonchev–Trinajstić information content (AvgIpc) is 3.68. The Hall–Kier alpha value is -4.64. The quantitative estimate of drug-likeness (QED) is 0.256.